The van der Waals surface area contributed by atoms with Gasteiger partial charge in [0.15, 0.2) is 0 Å². The molecule has 0 aromatic heterocycles. The predicted molar refractivity (Wildman–Crippen MR) is 61.4 cm³/mol. The average Bonchev–Trinajstić information content (AvgIpc) is 2.13. The van der Waals surface area contributed by atoms with Crippen LogP contribution < -0.4 is 0 Å². The van der Waals surface area contributed by atoms with Gasteiger partial charge in [-0.05, 0) is 39.7 Å². The van der Waals surface area contributed by atoms with Crippen molar-refractivity contribution in [3.63, 3.8) is 0 Å². The highest BCUT2D eigenvalue weighted by molar-refractivity contribution is 5.97. The maximum Gasteiger partial charge on any atom is 0.0654 e. The molecule has 74 valence electrons. The molecule has 0 N–H and O–H groups in total. The summed E-state index contributed by atoms with van der Waals surface area (Å²) >= 11 is 0. The van der Waals surface area contributed by atoms with Crippen LogP contribution in [0.4, 0.5) is 0 Å². The van der Waals surface area contributed by atoms with Gasteiger partial charge in [0.25, 0.3) is 0 Å². The molecule has 13 heavy (non-hydrogen) atoms. The van der Waals surface area contributed by atoms with E-state index in [0.717, 1.165) is 12.1 Å². The zero-order valence-electron chi connectivity index (χ0n) is 9.46. The van der Waals surface area contributed by atoms with Crippen molar-refractivity contribution in [2.24, 2.45) is 4.99 Å². The van der Waals surface area contributed by atoms with Crippen LogP contribution in [0.3, 0.4) is 0 Å². The standard InChI is InChI=1S/C12H21N/c1-6-8-9-11(4)13-12(5)10(3)7-2/h7-9,11H,6H2,1-5H3/b9-8-,10-7+,13-12?. The molecule has 0 rings (SSSR count). The van der Waals surface area contributed by atoms with Crippen molar-refractivity contribution in [1.82, 2.24) is 0 Å². The molecule has 0 aliphatic rings. The molecule has 0 radical (unpaired) electrons. The molecule has 1 unspecified atom stereocenters. The van der Waals surface area contributed by atoms with Crippen LogP contribution in [0.15, 0.2) is 28.8 Å². The third-order valence-electron chi connectivity index (χ3n) is 2.05. The maximum atomic E-state index is 4.55. The molecule has 0 saturated carbocycles. The van der Waals surface area contributed by atoms with E-state index in [2.05, 4.69) is 50.9 Å². The van der Waals surface area contributed by atoms with Crippen LogP contribution in [-0.2, 0) is 0 Å². The van der Waals surface area contributed by atoms with E-state index in [-0.39, 0.29) is 0 Å². The average molecular weight is 179 g/mol. The van der Waals surface area contributed by atoms with Crippen molar-refractivity contribution in [3.8, 4) is 0 Å². The van der Waals surface area contributed by atoms with Crippen LogP contribution in [0.1, 0.15) is 41.0 Å². The van der Waals surface area contributed by atoms with Gasteiger partial charge in [-0.3, -0.25) is 4.99 Å². The molecule has 0 heterocycles. The number of aliphatic imine (C=N–C) groups is 1. The van der Waals surface area contributed by atoms with Gasteiger partial charge < -0.3 is 0 Å². The summed E-state index contributed by atoms with van der Waals surface area (Å²) in [6, 6.07) is 0.301. The molecule has 0 aromatic rings. The maximum absolute atomic E-state index is 4.55. The molecular weight excluding hydrogens is 158 g/mol. The Hall–Kier alpha value is -0.850. The van der Waals surface area contributed by atoms with Gasteiger partial charge in [0.05, 0.1) is 6.04 Å². The van der Waals surface area contributed by atoms with Crippen molar-refractivity contribution < 1.29 is 0 Å². The number of rotatable bonds is 4. The minimum absolute atomic E-state index is 0.301. The topological polar surface area (TPSA) is 12.4 Å². The van der Waals surface area contributed by atoms with E-state index in [9.17, 15) is 0 Å². The van der Waals surface area contributed by atoms with E-state index < -0.39 is 0 Å². The molecule has 0 aromatic carbocycles. The third kappa shape index (κ3) is 5.40. The largest absolute Gasteiger partial charge is 0.283 e. The smallest absolute Gasteiger partial charge is 0.0654 e. The summed E-state index contributed by atoms with van der Waals surface area (Å²) in [6.45, 7) is 10.4. The highest BCUT2D eigenvalue weighted by Gasteiger charge is 1.95. The van der Waals surface area contributed by atoms with Crippen molar-refractivity contribution >= 4 is 5.71 Å². The predicted octanol–water partition coefficient (Wildman–Crippen LogP) is 3.77. The fourth-order valence-corrected chi connectivity index (χ4v) is 0.992. The third-order valence-corrected chi connectivity index (χ3v) is 2.05. The minimum atomic E-state index is 0.301. The fourth-order valence-electron chi connectivity index (χ4n) is 0.992. The van der Waals surface area contributed by atoms with E-state index in [0.29, 0.717) is 6.04 Å². The minimum Gasteiger partial charge on any atom is -0.283 e. The summed E-state index contributed by atoms with van der Waals surface area (Å²) < 4.78 is 0. The normalized spacial score (nSPS) is 16.7. The van der Waals surface area contributed by atoms with E-state index in [1.807, 2.05) is 6.92 Å². The van der Waals surface area contributed by atoms with Crippen LogP contribution in [0.5, 0.6) is 0 Å². The lowest BCUT2D eigenvalue weighted by atomic mass is 10.2. The molecule has 1 heteroatoms. The van der Waals surface area contributed by atoms with Crippen LogP contribution >= 0.6 is 0 Å². The molecule has 0 fully saturated rings. The van der Waals surface area contributed by atoms with Crippen molar-refractivity contribution in [2.45, 2.75) is 47.1 Å². The Labute approximate surface area is 82.3 Å². The van der Waals surface area contributed by atoms with Gasteiger partial charge in [-0.25, -0.2) is 0 Å². The molecule has 0 amide bonds. The highest BCUT2D eigenvalue weighted by Crippen LogP contribution is 2.01. The van der Waals surface area contributed by atoms with Crippen LogP contribution in [0, 0.1) is 0 Å². The monoisotopic (exact) mass is 179 g/mol. The van der Waals surface area contributed by atoms with Gasteiger partial charge in [-0.2, -0.15) is 0 Å². The van der Waals surface area contributed by atoms with Crippen molar-refractivity contribution in [3.05, 3.63) is 23.8 Å². The zero-order chi connectivity index (χ0) is 10.3. The number of nitrogens with zero attached hydrogens (tertiary/aromatic N) is 1. The first-order chi connectivity index (χ1) is 6.11. The first kappa shape index (κ1) is 12.2. The number of hydrogen-bond acceptors (Lipinski definition) is 1. The Balaban J connectivity index is 4.30. The summed E-state index contributed by atoms with van der Waals surface area (Å²) in [4.78, 5) is 4.55. The summed E-state index contributed by atoms with van der Waals surface area (Å²) in [5.41, 5.74) is 2.40. The lowest BCUT2D eigenvalue weighted by molar-refractivity contribution is 0.916. The molecule has 0 spiro atoms. The fraction of sp³-hybridized carbons (Fsp3) is 0.583. The number of allylic oxidation sites excluding steroid dienone is 3. The second-order valence-electron chi connectivity index (χ2n) is 3.26. The molecule has 0 bridgehead atoms. The summed E-state index contributed by atoms with van der Waals surface area (Å²) in [5, 5.41) is 0. The Morgan fingerprint density at radius 1 is 1.38 bits per heavy atom. The Bertz CT molecular complexity index is 221. The molecule has 1 atom stereocenters. The van der Waals surface area contributed by atoms with Gasteiger partial charge in [-0.15, -0.1) is 0 Å². The zero-order valence-corrected chi connectivity index (χ0v) is 9.46. The summed E-state index contributed by atoms with van der Waals surface area (Å²) in [6.07, 6.45) is 7.48. The first-order valence-electron chi connectivity index (χ1n) is 4.96. The summed E-state index contributed by atoms with van der Waals surface area (Å²) in [5.74, 6) is 0. The van der Waals surface area contributed by atoms with Gasteiger partial charge in [-0.1, -0.05) is 25.2 Å². The van der Waals surface area contributed by atoms with Crippen LogP contribution in [-0.4, -0.2) is 11.8 Å². The van der Waals surface area contributed by atoms with Crippen molar-refractivity contribution in [2.75, 3.05) is 0 Å². The van der Waals surface area contributed by atoms with E-state index in [1.54, 1.807) is 0 Å². The molecular formula is C12H21N. The second kappa shape index (κ2) is 6.64. The Morgan fingerprint density at radius 3 is 2.46 bits per heavy atom. The van der Waals surface area contributed by atoms with Gasteiger partial charge in [0.2, 0.25) is 0 Å². The van der Waals surface area contributed by atoms with E-state index in [4.69, 9.17) is 0 Å². The van der Waals surface area contributed by atoms with Crippen LogP contribution in [0.2, 0.25) is 0 Å². The second-order valence-corrected chi connectivity index (χ2v) is 3.26. The van der Waals surface area contributed by atoms with Gasteiger partial charge >= 0.3 is 0 Å². The lowest BCUT2D eigenvalue weighted by Crippen LogP contribution is -2.00. The first-order valence-corrected chi connectivity index (χ1v) is 4.96. The molecule has 0 aliphatic heterocycles. The van der Waals surface area contributed by atoms with Crippen LogP contribution in [0.25, 0.3) is 0 Å². The lowest BCUT2D eigenvalue weighted by Gasteiger charge is -2.03. The van der Waals surface area contributed by atoms with Gasteiger partial charge in [0, 0.05) is 5.71 Å². The van der Waals surface area contributed by atoms with E-state index >= 15 is 0 Å². The Morgan fingerprint density at radius 2 is 2.00 bits per heavy atom. The Kier molecular flexibility index (Phi) is 6.21. The molecule has 0 saturated heterocycles. The molecule has 0 aliphatic carbocycles. The number of hydrogen-bond donors (Lipinski definition) is 0. The van der Waals surface area contributed by atoms with Gasteiger partial charge in [0.1, 0.15) is 0 Å². The highest BCUT2D eigenvalue weighted by atomic mass is 14.8. The molecule has 1 nitrogen and oxygen atoms in total. The summed E-state index contributed by atoms with van der Waals surface area (Å²) in [7, 11) is 0. The quantitative estimate of drug-likeness (QED) is 0.460. The van der Waals surface area contributed by atoms with Crippen molar-refractivity contribution in [1.29, 1.82) is 0 Å². The van der Waals surface area contributed by atoms with E-state index in [1.165, 1.54) is 5.57 Å². The SMILES string of the molecule is C/C=C(\C)C(C)=NC(C)/C=C\CC.